The molecule has 0 aliphatic carbocycles. The molecule has 0 bridgehead atoms. The number of ether oxygens (including phenoxy) is 1. The van der Waals surface area contributed by atoms with Crippen LogP contribution in [0.5, 0.6) is 5.75 Å². The molecule has 3 aromatic carbocycles. The summed E-state index contributed by atoms with van der Waals surface area (Å²) in [6.45, 7) is 11.4. The van der Waals surface area contributed by atoms with Crippen molar-refractivity contribution in [2.24, 2.45) is 11.8 Å². The average molecular weight is 577 g/mol. The molecule has 3 aliphatic heterocycles. The minimum atomic E-state index is 0.109. The molecule has 2 N–H and O–H groups in total. The number of aromatic amines is 1. The predicted octanol–water partition coefficient (Wildman–Crippen LogP) is 7.00. The number of hydrogen-bond donors (Lipinski definition) is 2. The maximum atomic E-state index is 13.4. The predicted molar refractivity (Wildman–Crippen MR) is 174 cm³/mol. The summed E-state index contributed by atoms with van der Waals surface area (Å²) < 4.78 is 6.00. The van der Waals surface area contributed by atoms with E-state index in [-0.39, 0.29) is 11.3 Å². The minimum absolute atomic E-state index is 0.109. The third-order valence-electron chi connectivity index (χ3n) is 10.5. The van der Waals surface area contributed by atoms with Crippen molar-refractivity contribution in [1.82, 2.24) is 14.8 Å². The molecule has 43 heavy (non-hydrogen) atoms. The van der Waals surface area contributed by atoms with E-state index >= 15 is 0 Å². The summed E-state index contributed by atoms with van der Waals surface area (Å²) >= 11 is 0. The van der Waals surface area contributed by atoms with Gasteiger partial charge in [-0.1, -0.05) is 49.4 Å². The largest absolute Gasteiger partial charge is 0.489 e. The van der Waals surface area contributed by atoms with Gasteiger partial charge in [-0.15, -0.1) is 0 Å². The number of H-pyrrole nitrogens is 1. The number of fused-ring (bicyclic) bond motifs is 3. The third-order valence-corrected chi connectivity index (χ3v) is 10.5. The number of nitrogens with zero attached hydrogens (tertiary/aromatic N) is 2. The van der Waals surface area contributed by atoms with Crippen LogP contribution < -0.4 is 10.1 Å². The fourth-order valence-corrected chi connectivity index (χ4v) is 7.73. The molecule has 2 atom stereocenters. The number of rotatable bonds is 7. The van der Waals surface area contributed by atoms with E-state index < -0.39 is 0 Å². The number of nitrogens with one attached hydrogen (secondary N) is 2. The van der Waals surface area contributed by atoms with E-state index in [0.717, 1.165) is 54.7 Å². The number of aryl methyl sites for hydroxylation is 1. The van der Waals surface area contributed by atoms with E-state index in [2.05, 4.69) is 59.4 Å². The highest BCUT2D eigenvalue weighted by molar-refractivity contribution is 5.98. The van der Waals surface area contributed by atoms with E-state index in [4.69, 9.17) is 4.74 Å². The van der Waals surface area contributed by atoms with Crippen LogP contribution in [0.4, 0.5) is 5.69 Å². The molecule has 2 saturated heterocycles. The monoisotopic (exact) mass is 576 g/mol. The molecular formula is C37H44N4O2. The maximum absolute atomic E-state index is 13.4. The molecule has 1 aromatic heterocycles. The van der Waals surface area contributed by atoms with Gasteiger partial charge >= 0.3 is 0 Å². The van der Waals surface area contributed by atoms with Crippen molar-refractivity contribution < 1.29 is 9.53 Å². The van der Waals surface area contributed by atoms with Crippen molar-refractivity contribution >= 4 is 22.5 Å². The van der Waals surface area contributed by atoms with Gasteiger partial charge in [0.1, 0.15) is 18.1 Å². The quantitative estimate of drug-likeness (QED) is 0.249. The van der Waals surface area contributed by atoms with Gasteiger partial charge in [-0.25, -0.2) is 0 Å². The van der Waals surface area contributed by atoms with E-state index in [0.29, 0.717) is 24.1 Å². The molecule has 2 unspecified atom stereocenters. The molecule has 2 fully saturated rings. The van der Waals surface area contributed by atoms with Crippen molar-refractivity contribution in [2.45, 2.75) is 51.6 Å². The van der Waals surface area contributed by atoms with Crippen LogP contribution in [0, 0.1) is 18.8 Å². The number of anilines is 1. The lowest BCUT2D eigenvalue weighted by Gasteiger charge is -2.45. The number of carbonyl (C=O) groups is 1. The van der Waals surface area contributed by atoms with Crippen LogP contribution in [0.25, 0.3) is 10.9 Å². The highest BCUT2D eigenvalue weighted by Gasteiger charge is 2.46. The van der Waals surface area contributed by atoms with Crippen molar-refractivity contribution in [1.29, 1.82) is 0 Å². The zero-order valence-electron chi connectivity index (χ0n) is 25.6. The van der Waals surface area contributed by atoms with Gasteiger partial charge in [-0.3, -0.25) is 4.79 Å². The first-order chi connectivity index (χ1) is 21.0. The summed E-state index contributed by atoms with van der Waals surface area (Å²) in [4.78, 5) is 21.5. The van der Waals surface area contributed by atoms with Crippen LogP contribution in [-0.4, -0.2) is 60.0 Å². The molecule has 4 aromatic rings. The fraction of sp³-hybridized carbons (Fsp3) is 0.432. The Morgan fingerprint density at radius 1 is 1.00 bits per heavy atom. The molecule has 0 radical (unpaired) electrons. The Bertz CT molecular complexity index is 1590. The number of piperidine rings is 2. The summed E-state index contributed by atoms with van der Waals surface area (Å²) in [6, 6.07) is 25.1. The van der Waals surface area contributed by atoms with Gasteiger partial charge in [0.25, 0.3) is 5.91 Å². The molecule has 7 rings (SSSR count). The Balaban J connectivity index is 0.888. The lowest BCUT2D eigenvalue weighted by Crippen LogP contribution is -2.50. The highest BCUT2D eigenvalue weighted by Crippen LogP contribution is 2.47. The number of hydrogen-bond acceptors (Lipinski definition) is 4. The van der Waals surface area contributed by atoms with Crippen molar-refractivity contribution in [3.63, 3.8) is 0 Å². The first-order valence-corrected chi connectivity index (χ1v) is 16.1. The zero-order valence-corrected chi connectivity index (χ0v) is 25.6. The topological polar surface area (TPSA) is 60.6 Å². The second-order valence-electron chi connectivity index (χ2n) is 13.2. The van der Waals surface area contributed by atoms with Crippen LogP contribution in [0.15, 0.2) is 72.8 Å². The second-order valence-corrected chi connectivity index (χ2v) is 13.2. The van der Waals surface area contributed by atoms with Crippen molar-refractivity contribution in [3.8, 4) is 5.75 Å². The van der Waals surface area contributed by atoms with E-state index in [1.807, 2.05) is 47.4 Å². The van der Waals surface area contributed by atoms with Gasteiger partial charge in [0.05, 0.1) is 0 Å². The van der Waals surface area contributed by atoms with Gasteiger partial charge in [-0.05, 0) is 105 Å². The van der Waals surface area contributed by atoms with Gasteiger partial charge in [-0.2, -0.15) is 0 Å². The Kier molecular flexibility index (Phi) is 7.64. The SMILES string of the molecule is Cc1ccc2c(c1)NCC21CCN(CCC2CCN(C(=O)c3cc4cc(OCc5ccccc5)ccc4[nH]3)CC2)CC1C. The summed E-state index contributed by atoms with van der Waals surface area (Å²) in [5, 5.41) is 4.73. The summed E-state index contributed by atoms with van der Waals surface area (Å²) in [7, 11) is 0. The highest BCUT2D eigenvalue weighted by atomic mass is 16.5. The molecule has 1 spiro atoms. The Labute approximate surface area is 255 Å². The Morgan fingerprint density at radius 3 is 2.65 bits per heavy atom. The summed E-state index contributed by atoms with van der Waals surface area (Å²) in [6.07, 6.45) is 4.64. The summed E-state index contributed by atoms with van der Waals surface area (Å²) in [5.74, 6) is 2.25. The Morgan fingerprint density at radius 2 is 1.84 bits per heavy atom. The van der Waals surface area contributed by atoms with E-state index in [1.165, 1.54) is 49.3 Å². The van der Waals surface area contributed by atoms with Crippen molar-refractivity contribution in [2.75, 3.05) is 44.6 Å². The minimum Gasteiger partial charge on any atom is -0.489 e. The molecule has 4 heterocycles. The number of amides is 1. The third kappa shape index (κ3) is 5.65. The normalized spacial score (nSPS) is 22.6. The van der Waals surface area contributed by atoms with Crippen molar-refractivity contribution in [3.05, 3.63) is 95.2 Å². The molecule has 6 heteroatoms. The van der Waals surface area contributed by atoms with Crippen LogP contribution in [-0.2, 0) is 12.0 Å². The van der Waals surface area contributed by atoms with Crippen LogP contribution in [0.1, 0.15) is 59.8 Å². The van der Waals surface area contributed by atoms with Crippen LogP contribution in [0.2, 0.25) is 0 Å². The van der Waals surface area contributed by atoms with Crippen LogP contribution >= 0.6 is 0 Å². The van der Waals surface area contributed by atoms with Gasteiger partial charge in [0.2, 0.25) is 0 Å². The first kappa shape index (κ1) is 28.0. The fourth-order valence-electron chi connectivity index (χ4n) is 7.73. The molecule has 3 aliphatic rings. The van der Waals surface area contributed by atoms with Gasteiger partial charge in [0.15, 0.2) is 0 Å². The lowest BCUT2D eigenvalue weighted by atomic mass is 9.67. The standard InChI is InChI=1S/C37H44N4O2/c1-26-8-10-32-34(20-26)38-25-37(32)15-19-40(23-27(37)2)16-12-28-13-17-41(18-14-28)36(42)35-22-30-21-31(9-11-33(30)39-35)43-24-29-6-4-3-5-7-29/h3-11,20-22,27-28,38-39H,12-19,23-25H2,1-2H3. The molecule has 0 saturated carbocycles. The molecular weight excluding hydrogens is 532 g/mol. The number of carbonyl (C=O) groups excluding carboxylic acids is 1. The molecule has 6 nitrogen and oxygen atoms in total. The van der Waals surface area contributed by atoms with E-state index in [1.54, 1.807) is 0 Å². The number of benzene rings is 3. The van der Waals surface area contributed by atoms with Gasteiger partial charge < -0.3 is 24.8 Å². The first-order valence-electron chi connectivity index (χ1n) is 16.1. The molecule has 1 amide bonds. The number of aromatic nitrogens is 1. The van der Waals surface area contributed by atoms with Crippen LogP contribution in [0.3, 0.4) is 0 Å². The lowest BCUT2D eigenvalue weighted by molar-refractivity contribution is 0.0659. The second kappa shape index (κ2) is 11.7. The zero-order chi connectivity index (χ0) is 29.4. The Hall–Kier alpha value is -3.77. The summed E-state index contributed by atoms with van der Waals surface area (Å²) in [5.41, 5.74) is 7.28. The van der Waals surface area contributed by atoms with Gasteiger partial charge in [0, 0.05) is 48.2 Å². The van der Waals surface area contributed by atoms with E-state index in [9.17, 15) is 4.79 Å². The smallest absolute Gasteiger partial charge is 0.270 e. The average Bonchev–Trinajstić information content (AvgIpc) is 3.63. The number of likely N-dealkylation sites (tertiary alicyclic amines) is 2. The maximum Gasteiger partial charge on any atom is 0.270 e. The molecule has 224 valence electrons.